The average molecular weight is 426 g/mol. The van der Waals surface area contributed by atoms with E-state index < -0.39 is 0 Å². The molecule has 0 radical (unpaired) electrons. The van der Waals surface area contributed by atoms with Crippen molar-refractivity contribution in [3.05, 3.63) is 101 Å². The van der Waals surface area contributed by atoms with Gasteiger partial charge in [-0.15, -0.1) is 0 Å². The Labute approximate surface area is 190 Å². The number of hydrogen-bond donors (Lipinski definition) is 3. The maximum Gasteiger partial charge on any atom is 0.119 e. The number of nitrogens with one attached hydrogen (secondary N) is 3. The second-order valence-electron chi connectivity index (χ2n) is 8.73. The van der Waals surface area contributed by atoms with E-state index in [9.17, 15) is 0 Å². The maximum absolute atomic E-state index is 5.40. The number of ether oxygens (including phenoxy) is 1. The minimum atomic E-state index is 0.520. The van der Waals surface area contributed by atoms with Crippen molar-refractivity contribution in [2.75, 3.05) is 7.11 Å². The van der Waals surface area contributed by atoms with Gasteiger partial charge >= 0.3 is 0 Å². The van der Waals surface area contributed by atoms with Crippen molar-refractivity contribution in [1.29, 1.82) is 0 Å². The Morgan fingerprint density at radius 3 is 2.59 bits per heavy atom. The fraction of sp³-hybridized carbons (Fsp3) is 0.286. The molecule has 4 heteroatoms. The van der Waals surface area contributed by atoms with E-state index in [1.807, 2.05) is 6.20 Å². The number of H-pyrrole nitrogens is 1. The molecule has 32 heavy (non-hydrogen) atoms. The quantitative estimate of drug-likeness (QED) is 0.370. The number of fused-ring (bicyclic) bond motifs is 2. The van der Waals surface area contributed by atoms with Gasteiger partial charge < -0.3 is 20.4 Å². The fourth-order valence-electron chi connectivity index (χ4n) is 4.71. The lowest BCUT2D eigenvalue weighted by molar-refractivity contribution is 0.411. The van der Waals surface area contributed by atoms with Crippen molar-refractivity contribution < 1.29 is 4.74 Å². The van der Waals surface area contributed by atoms with Crippen LogP contribution < -0.4 is 15.4 Å². The summed E-state index contributed by atoms with van der Waals surface area (Å²) in [5, 5.41) is 7.32. The van der Waals surface area contributed by atoms with E-state index in [0.717, 1.165) is 38.2 Å². The molecule has 0 bridgehead atoms. The molecule has 4 nitrogen and oxygen atoms in total. The molecular formula is C28H31N3O. The summed E-state index contributed by atoms with van der Waals surface area (Å²) in [5.74, 6) is 0.956. The topological polar surface area (TPSA) is 49.1 Å². The predicted octanol–water partition coefficient (Wildman–Crippen LogP) is 5.07. The predicted molar refractivity (Wildman–Crippen MR) is 130 cm³/mol. The number of aromatic nitrogens is 1. The summed E-state index contributed by atoms with van der Waals surface area (Å²) in [7, 11) is 1.74. The second-order valence-corrected chi connectivity index (χ2v) is 8.73. The van der Waals surface area contributed by atoms with Gasteiger partial charge in [-0.25, -0.2) is 0 Å². The van der Waals surface area contributed by atoms with E-state index in [0.29, 0.717) is 6.04 Å². The first-order chi connectivity index (χ1) is 15.8. The lowest BCUT2D eigenvalue weighted by Crippen LogP contribution is -2.34. The zero-order chi connectivity index (χ0) is 21.8. The molecule has 1 atom stereocenters. The molecule has 3 aliphatic rings. The Kier molecular flexibility index (Phi) is 6.24. The van der Waals surface area contributed by atoms with E-state index in [-0.39, 0.29) is 0 Å². The molecule has 5 rings (SSSR count). The molecule has 0 saturated heterocycles. The SMILES string of the molecule is COc1ccc2c(c1)CC(NCc1ccc(CNCc3[nH]ccc4cccc3-4)cc1)CC2. The highest BCUT2D eigenvalue weighted by molar-refractivity contribution is 5.68. The van der Waals surface area contributed by atoms with Crippen LogP contribution in [0.2, 0.25) is 0 Å². The number of pyridine rings is 1. The summed E-state index contributed by atoms with van der Waals surface area (Å²) < 4.78 is 5.40. The summed E-state index contributed by atoms with van der Waals surface area (Å²) in [6.45, 7) is 2.60. The number of aromatic amines is 1. The van der Waals surface area contributed by atoms with Crippen LogP contribution in [0.15, 0.2) is 72.9 Å². The van der Waals surface area contributed by atoms with Gasteiger partial charge in [0, 0.05) is 43.1 Å². The van der Waals surface area contributed by atoms with Gasteiger partial charge in [0.25, 0.3) is 0 Å². The van der Waals surface area contributed by atoms with Crippen molar-refractivity contribution in [2.45, 2.75) is 44.9 Å². The Morgan fingerprint density at radius 2 is 1.75 bits per heavy atom. The largest absolute Gasteiger partial charge is 0.497 e. The highest BCUT2D eigenvalue weighted by Gasteiger charge is 2.18. The van der Waals surface area contributed by atoms with Crippen LogP contribution >= 0.6 is 0 Å². The van der Waals surface area contributed by atoms with Crippen LogP contribution in [-0.2, 0) is 32.5 Å². The summed E-state index contributed by atoms with van der Waals surface area (Å²) in [5.41, 5.74) is 9.35. The molecule has 0 saturated carbocycles. The highest BCUT2D eigenvalue weighted by Crippen LogP contribution is 2.26. The number of aryl methyl sites for hydroxylation is 1. The van der Waals surface area contributed by atoms with Crippen LogP contribution in [0.3, 0.4) is 0 Å². The number of rotatable bonds is 8. The Hall–Kier alpha value is -3.08. The van der Waals surface area contributed by atoms with Gasteiger partial charge in [-0.2, -0.15) is 0 Å². The van der Waals surface area contributed by atoms with Crippen molar-refractivity contribution >= 4 is 0 Å². The molecule has 1 aliphatic heterocycles. The molecule has 1 unspecified atom stereocenters. The third-order valence-electron chi connectivity index (χ3n) is 6.59. The third-order valence-corrected chi connectivity index (χ3v) is 6.59. The summed E-state index contributed by atoms with van der Waals surface area (Å²) in [6, 6.07) is 24.5. The average Bonchev–Trinajstić information content (AvgIpc) is 3.33. The Morgan fingerprint density at radius 1 is 0.906 bits per heavy atom. The Bertz CT molecular complexity index is 1130. The molecule has 2 aromatic carbocycles. The van der Waals surface area contributed by atoms with Crippen LogP contribution in [0, 0.1) is 0 Å². The summed E-state index contributed by atoms with van der Waals surface area (Å²) in [6.07, 6.45) is 5.41. The van der Waals surface area contributed by atoms with Crippen molar-refractivity contribution in [3.8, 4) is 16.9 Å². The first-order valence-electron chi connectivity index (χ1n) is 11.5. The van der Waals surface area contributed by atoms with Gasteiger partial charge in [0.2, 0.25) is 0 Å². The molecule has 164 valence electrons. The maximum atomic E-state index is 5.40. The first kappa shape index (κ1) is 20.8. The molecule has 2 aliphatic carbocycles. The monoisotopic (exact) mass is 425 g/mol. The first-order valence-corrected chi connectivity index (χ1v) is 11.5. The third kappa shape index (κ3) is 4.72. The van der Waals surface area contributed by atoms with E-state index in [1.165, 1.54) is 45.5 Å². The van der Waals surface area contributed by atoms with Crippen LogP contribution in [-0.4, -0.2) is 18.1 Å². The van der Waals surface area contributed by atoms with Crippen LogP contribution in [0.5, 0.6) is 5.75 Å². The van der Waals surface area contributed by atoms with Gasteiger partial charge in [-0.1, -0.05) is 48.5 Å². The van der Waals surface area contributed by atoms with Gasteiger partial charge in [0.1, 0.15) is 5.75 Å². The minimum Gasteiger partial charge on any atom is -0.497 e. The number of hydrogen-bond acceptors (Lipinski definition) is 3. The van der Waals surface area contributed by atoms with Gasteiger partial charge in [0.15, 0.2) is 0 Å². The molecule has 3 N–H and O–H groups in total. The van der Waals surface area contributed by atoms with Gasteiger partial charge in [-0.05, 0) is 65.3 Å². The molecule has 0 aromatic heterocycles. The molecular weight excluding hydrogens is 394 g/mol. The Balaban J connectivity index is 1.10. The molecule has 2 aromatic rings. The number of benzene rings is 2. The van der Waals surface area contributed by atoms with Crippen LogP contribution in [0.25, 0.3) is 11.1 Å². The highest BCUT2D eigenvalue weighted by atomic mass is 16.5. The zero-order valence-corrected chi connectivity index (χ0v) is 18.7. The normalized spacial score (nSPS) is 15.6. The molecule has 0 spiro atoms. The minimum absolute atomic E-state index is 0.520. The smallest absolute Gasteiger partial charge is 0.119 e. The fourth-order valence-corrected chi connectivity index (χ4v) is 4.71. The van der Waals surface area contributed by atoms with E-state index >= 15 is 0 Å². The van der Waals surface area contributed by atoms with E-state index in [4.69, 9.17) is 4.74 Å². The second kappa shape index (κ2) is 9.60. The van der Waals surface area contributed by atoms with Crippen molar-refractivity contribution in [1.82, 2.24) is 15.6 Å². The van der Waals surface area contributed by atoms with E-state index in [2.05, 4.69) is 82.3 Å². The lowest BCUT2D eigenvalue weighted by Gasteiger charge is -2.26. The number of methoxy groups -OCH3 is 1. The van der Waals surface area contributed by atoms with Gasteiger partial charge in [-0.3, -0.25) is 0 Å². The summed E-state index contributed by atoms with van der Waals surface area (Å²) in [4.78, 5) is 3.38. The van der Waals surface area contributed by atoms with Gasteiger partial charge in [0.05, 0.1) is 7.11 Å². The zero-order valence-electron chi connectivity index (χ0n) is 18.7. The lowest BCUT2D eigenvalue weighted by atomic mass is 9.88. The molecule has 1 heterocycles. The van der Waals surface area contributed by atoms with Crippen molar-refractivity contribution in [2.24, 2.45) is 0 Å². The van der Waals surface area contributed by atoms with Crippen molar-refractivity contribution in [3.63, 3.8) is 0 Å². The van der Waals surface area contributed by atoms with Crippen LogP contribution in [0.4, 0.5) is 0 Å². The van der Waals surface area contributed by atoms with Crippen LogP contribution in [0.1, 0.15) is 34.4 Å². The standard InChI is InChI=1S/C28H31N3O/c1-32-26-12-10-22-9-11-25(15-24(22)16-26)31-18-21-7-5-20(6-8-21)17-29-19-28-27-4-2-3-23(27)13-14-30-28/h2-8,10,12-14,16,25,29-31H,9,11,15,17-19H2,1H3. The molecule has 0 amide bonds. The summed E-state index contributed by atoms with van der Waals surface area (Å²) >= 11 is 0. The van der Waals surface area contributed by atoms with E-state index in [1.54, 1.807) is 7.11 Å². The molecule has 0 fully saturated rings.